The van der Waals surface area contributed by atoms with E-state index in [1.54, 1.807) is 0 Å². The van der Waals surface area contributed by atoms with E-state index in [1.807, 2.05) is 0 Å². The molecule has 2 rings (SSSR count). The van der Waals surface area contributed by atoms with Gasteiger partial charge in [-0.05, 0) is 19.4 Å². The zero-order valence-electron chi connectivity index (χ0n) is 9.36. The van der Waals surface area contributed by atoms with E-state index in [-0.39, 0.29) is 5.72 Å². The lowest BCUT2D eigenvalue weighted by Gasteiger charge is -2.45. The van der Waals surface area contributed by atoms with Crippen LogP contribution in [0.3, 0.4) is 0 Å². The summed E-state index contributed by atoms with van der Waals surface area (Å²) in [5.41, 5.74) is 0.349. The molecule has 0 amide bonds. The Morgan fingerprint density at radius 1 is 1.21 bits per heavy atom. The van der Waals surface area contributed by atoms with E-state index in [1.165, 1.54) is 12.8 Å². The second kappa shape index (κ2) is 3.80. The van der Waals surface area contributed by atoms with Gasteiger partial charge in [-0.3, -0.25) is 5.32 Å². The number of ether oxygens (including phenoxy) is 1. The summed E-state index contributed by atoms with van der Waals surface area (Å²) in [5.74, 6) is 0. The van der Waals surface area contributed by atoms with Crippen molar-refractivity contribution < 1.29 is 4.74 Å². The van der Waals surface area contributed by atoms with E-state index in [4.69, 9.17) is 4.74 Å². The van der Waals surface area contributed by atoms with Crippen LogP contribution in [-0.4, -0.2) is 32.0 Å². The van der Waals surface area contributed by atoms with Crippen LogP contribution in [0.1, 0.15) is 33.1 Å². The molecule has 2 saturated heterocycles. The van der Waals surface area contributed by atoms with Crippen molar-refractivity contribution in [2.45, 2.75) is 38.8 Å². The van der Waals surface area contributed by atoms with Crippen molar-refractivity contribution in [2.24, 2.45) is 5.41 Å². The van der Waals surface area contributed by atoms with Crippen molar-refractivity contribution in [3.8, 4) is 0 Å². The van der Waals surface area contributed by atoms with E-state index in [2.05, 4.69) is 24.5 Å². The Balaban J connectivity index is 1.96. The van der Waals surface area contributed by atoms with E-state index in [0.717, 1.165) is 32.7 Å². The maximum atomic E-state index is 6.05. The van der Waals surface area contributed by atoms with Gasteiger partial charge in [0.05, 0.1) is 6.61 Å². The van der Waals surface area contributed by atoms with Gasteiger partial charge in [-0.2, -0.15) is 0 Å². The van der Waals surface area contributed by atoms with Gasteiger partial charge in [-0.1, -0.05) is 13.8 Å². The quantitative estimate of drug-likeness (QED) is 0.697. The molecule has 0 bridgehead atoms. The van der Waals surface area contributed by atoms with Crippen LogP contribution in [0.4, 0.5) is 0 Å². The van der Waals surface area contributed by atoms with Crippen LogP contribution in [-0.2, 0) is 4.74 Å². The molecule has 1 atom stereocenters. The average molecular weight is 198 g/mol. The lowest BCUT2D eigenvalue weighted by Crippen LogP contribution is -2.59. The van der Waals surface area contributed by atoms with Gasteiger partial charge in [0, 0.05) is 24.9 Å². The molecule has 0 saturated carbocycles. The fraction of sp³-hybridized carbons (Fsp3) is 1.00. The van der Waals surface area contributed by atoms with Gasteiger partial charge >= 0.3 is 0 Å². The molecule has 0 aliphatic carbocycles. The van der Waals surface area contributed by atoms with Crippen LogP contribution in [0.5, 0.6) is 0 Å². The van der Waals surface area contributed by atoms with Gasteiger partial charge in [-0.25, -0.2) is 0 Å². The third-order valence-corrected chi connectivity index (χ3v) is 4.06. The molecule has 2 aliphatic rings. The van der Waals surface area contributed by atoms with Crippen molar-refractivity contribution in [1.29, 1.82) is 0 Å². The van der Waals surface area contributed by atoms with Crippen molar-refractivity contribution in [3.63, 3.8) is 0 Å². The number of hydrogen-bond donors (Lipinski definition) is 2. The third kappa shape index (κ3) is 1.69. The highest BCUT2D eigenvalue weighted by Crippen LogP contribution is 2.33. The Bertz CT molecular complexity index is 177. The summed E-state index contributed by atoms with van der Waals surface area (Å²) >= 11 is 0. The SMILES string of the molecule is CCC1(CC)CNC2(CCNC2)OC1. The number of rotatable bonds is 2. The number of nitrogens with one attached hydrogen (secondary N) is 2. The lowest BCUT2D eigenvalue weighted by molar-refractivity contribution is -0.136. The van der Waals surface area contributed by atoms with Crippen LogP contribution in [0.15, 0.2) is 0 Å². The van der Waals surface area contributed by atoms with Crippen LogP contribution in [0.2, 0.25) is 0 Å². The minimum Gasteiger partial charge on any atom is -0.359 e. The fourth-order valence-electron chi connectivity index (χ4n) is 2.39. The predicted molar refractivity (Wildman–Crippen MR) is 57.2 cm³/mol. The van der Waals surface area contributed by atoms with Crippen molar-refractivity contribution in [3.05, 3.63) is 0 Å². The van der Waals surface area contributed by atoms with Crippen LogP contribution in [0, 0.1) is 5.41 Å². The molecule has 82 valence electrons. The maximum absolute atomic E-state index is 6.05. The lowest BCUT2D eigenvalue weighted by atomic mass is 9.81. The highest BCUT2D eigenvalue weighted by molar-refractivity contribution is 4.95. The summed E-state index contributed by atoms with van der Waals surface area (Å²) in [7, 11) is 0. The highest BCUT2D eigenvalue weighted by Gasteiger charge is 2.43. The monoisotopic (exact) mass is 198 g/mol. The Morgan fingerprint density at radius 3 is 2.43 bits per heavy atom. The van der Waals surface area contributed by atoms with Crippen molar-refractivity contribution >= 4 is 0 Å². The molecule has 2 N–H and O–H groups in total. The molecule has 2 heterocycles. The molecule has 1 unspecified atom stereocenters. The molecular weight excluding hydrogens is 176 g/mol. The second-order valence-corrected chi connectivity index (χ2v) is 4.77. The summed E-state index contributed by atoms with van der Waals surface area (Å²) < 4.78 is 6.05. The smallest absolute Gasteiger partial charge is 0.133 e. The van der Waals surface area contributed by atoms with Crippen molar-refractivity contribution in [1.82, 2.24) is 10.6 Å². The normalized spacial score (nSPS) is 36.4. The zero-order valence-corrected chi connectivity index (χ0v) is 9.36. The summed E-state index contributed by atoms with van der Waals surface area (Å²) in [4.78, 5) is 0. The van der Waals surface area contributed by atoms with Gasteiger partial charge < -0.3 is 10.1 Å². The molecule has 2 aliphatic heterocycles. The molecule has 1 spiro atoms. The molecule has 14 heavy (non-hydrogen) atoms. The largest absolute Gasteiger partial charge is 0.359 e. The Kier molecular flexibility index (Phi) is 2.82. The first-order valence-electron chi connectivity index (χ1n) is 5.84. The first-order chi connectivity index (χ1) is 6.74. The molecule has 0 radical (unpaired) electrons. The standard InChI is InChI=1S/C11H22N2O/c1-3-10(4-2)7-13-11(14-9-10)5-6-12-8-11/h12-13H,3-9H2,1-2H3. The molecule has 0 aromatic carbocycles. The second-order valence-electron chi connectivity index (χ2n) is 4.77. The minimum atomic E-state index is -0.0339. The van der Waals surface area contributed by atoms with Crippen LogP contribution in [0.25, 0.3) is 0 Å². The first kappa shape index (κ1) is 10.4. The highest BCUT2D eigenvalue weighted by atomic mass is 16.5. The van der Waals surface area contributed by atoms with Crippen molar-refractivity contribution in [2.75, 3.05) is 26.2 Å². The number of hydrogen-bond acceptors (Lipinski definition) is 3. The molecule has 3 nitrogen and oxygen atoms in total. The predicted octanol–water partition coefficient (Wildman–Crippen LogP) is 1.10. The van der Waals surface area contributed by atoms with Gasteiger partial charge in [0.15, 0.2) is 0 Å². The third-order valence-electron chi connectivity index (χ3n) is 4.06. The average Bonchev–Trinajstić information content (AvgIpc) is 2.69. The summed E-state index contributed by atoms with van der Waals surface area (Å²) in [6.45, 7) is 8.62. The zero-order chi connectivity index (χ0) is 10.1. The van der Waals surface area contributed by atoms with E-state index >= 15 is 0 Å². The van der Waals surface area contributed by atoms with Crippen LogP contribution >= 0.6 is 0 Å². The Labute approximate surface area is 86.6 Å². The minimum absolute atomic E-state index is 0.0339. The fourth-order valence-corrected chi connectivity index (χ4v) is 2.39. The van der Waals surface area contributed by atoms with E-state index in [0.29, 0.717) is 5.41 Å². The molecule has 0 aromatic heterocycles. The maximum Gasteiger partial charge on any atom is 0.133 e. The Hall–Kier alpha value is -0.120. The molecule has 0 aromatic rings. The van der Waals surface area contributed by atoms with Gasteiger partial charge in [-0.15, -0.1) is 0 Å². The van der Waals surface area contributed by atoms with Gasteiger partial charge in [0.1, 0.15) is 5.72 Å². The van der Waals surface area contributed by atoms with E-state index in [9.17, 15) is 0 Å². The molecular formula is C11H22N2O. The topological polar surface area (TPSA) is 33.3 Å². The van der Waals surface area contributed by atoms with Gasteiger partial charge in [0.25, 0.3) is 0 Å². The summed E-state index contributed by atoms with van der Waals surface area (Å²) in [6.07, 6.45) is 3.52. The Morgan fingerprint density at radius 2 is 2.00 bits per heavy atom. The molecule has 3 heteroatoms. The first-order valence-corrected chi connectivity index (χ1v) is 5.84. The molecule has 2 fully saturated rings. The summed E-state index contributed by atoms with van der Waals surface area (Å²) in [5, 5.41) is 6.96. The summed E-state index contributed by atoms with van der Waals surface area (Å²) in [6, 6.07) is 0. The van der Waals surface area contributed by atoms with E-state index < -0.39 is 0 Å². The van der Waals surface area contributed by atoms with Crippen LogP contribution < -0.4 is 10.6 Å². The van der Waals surface area contributed by atoms with Gasteiger partial charge in [0.2, 0.25) is 0 Å².